The molecule has 1 nitrogen and oxygen atoms in total. The fourth-order valence-electron chi connectivity index (χ4n) is 1.37. The van der Waals surface area contributed by atoms with Gasteiger partial charge >= 0.3 is 0 Å². The number of rotatable bonds is 2. The van der Waals surface area contributed by atoms with E-state index in [9.17, 15) is 4.79 Å². The third-order valence-corrected chi connectivity index (χ3v) is 4.21. The Morgan fingerprint density at radius 1 is 1.19 bits per heavy atom. The van der Waals surface area contributed by atoms with Gasteiger partial charge in [0.05, 0.1) is 14.9 Å². The summed E-state index contributed by atoms with van der Waals surface area (Å²) in [6.07, 6.45) is 0. The fourth-order valence-corrected chi connectivity index (χ4v) is 2.76. The average Bonchev–Trinajstić information content (AvgIpc) is 2.71. The zero-order valence-corrected chi connectivity index (χ0v) is 10.8. The minimum atomic E-state index is 0.0643. The molecule has 0 aliphatic carbocycles. The van der Waals surface area contributed by atoms with Gasteiger partial charge in [-0.25, -0.2) is 0 Å². The van der Waals surface area contributed by atoms with Gasteiger partial charge in [0, 0.05) is 10.4 Å². The lowest BCUT2D eigenvalue weighted by Crippen LogP contribution is -1.83. The van der Waals surface area contributed by atoms with Crippen molar-refractivity contribution >= 4 is 40.3 Å². The van der Waals surface area contributed by atoms with Gasteiger partial charge in [-0.2, -0.15) is 0 Å². The predicted octanol–water partition coefficient (Wildman–Crippen LogP) is 4.92. The summed E-state index contributed by atoms with van der Waals surface area (Å²) in [6, 6.07) is 9.17. The molecule has 0 spiro atoms. The van der Waals surface area contributed by atoms with Gasteiger partial charge < -0.3 is 0 Å². The second kappa shape index (κ2) is 4.58. The highest BCUT2D eigenvalue weighted by Crippen LogP contribution is 2.37. The Labute approximate surface area is 108 Å². The molecule has 0 saturated carbocycles. The molecule has 2 rings (SSSR count). The van der Waals surface area contributed by atoms with Crippen molar-refractivity contribution in [3.8, 4) is 10.4 Å². The van der Waals surface area contributed by atoms with Crippen LogP contribution in [0.1, 0.15) is 16.6 Å². The van der Waals surface area contributed by atoms with Crippen molar-refractivity contribution in [1.82, 2.24) is 0 Å². The summed E-state index contributed by atoms with van der Waals surface area (Å²) in [5.74, 6) is 0.0643. The molecule has 16 heavy (non-hydrogen) atoms. The second-order valence-corrected chi connectivity index (χ2v) is 5.19. The van der Waals surface area contributed by atoms with E-state index in [4.69, 9.17) is 23.2 Å². The van der Waals surface area contributed by atoms with Crippen molar-refractivity contribution in [3.05, 3.63) is 45.3 Å². The van der Waals surface area contributed by atoms with E-state index in [-0.39, 0.29) is 5.78 Å². The summed E-state index contributed by atoms with van der Waals surface area (Å²) < 4.78 is 0. The van der Waals surface area contributed by atoms with E-state index in [1.54, 1.807) is 19.1 Å². The zero-order valence-electron chi connectivity index (χ0n) is 8.46. The van der Waals surface area contributed by atoms with E-state index in [1.165, 1.54) is 11.3 Å². The third kappa shape index (κ3) is 2.14. The van der Waals surface area contributed by atoms with Crippen LogP contribution in [0.2, 0.25) is 10.0 Å². The van der Waals surface area contributed by atoms with Gasteiger partial charge in [0.1, 0.15) is 0 Å². The van der Waals surface area contributed by atoms with E-state index < -0.39 is 0 Å². The second-order valence-electron chi connectivity index (χ2n) is 3.32. The molecule has 4 heteroatoms. The molecule has 0 aliphatic heterocycles. The minimum absolute atomic E-state index is 0.0643. The zero-order chi connectivity index (χ0) is 11.7. The number of hydrogen-bond acceptors (Lipinski definition) is 2. The Morgan fingerprint density at radius 3 is 2.56 bits per heavy atom. The lowest BCUT2D eigenvalue weighted by Gasteiger charge is -2.02. The normalized spacial score (nSPS) is 10.4. The van der Waals surface area contributed by atoms with E-state index in [2.05, 4.69) is 0 Å². The molecule has 2 aromatic rings. The molecule has 0 atom stereocenters. The third-order valence-electron chi connectivity index (χ3n) is 2.17. The lowest BCUT2D eigenvalue weighted by molar-refractivity contribution is 0.102. The molecule has 0 saturated heterocycles. The molecular weight excluding hydrogens is 263 g/mol. The van der Waals surface area contributed by atoms with Gasteiger partial charge in [-0.1, -0.05) is 35.3 Å². The molecule has 1 aromatic heterocycles. The van der Waals surface area contributed by atoms with Crippen molar-refractivity contribution in [2.45, 2.75) is 6.92 Å². The monoisotopic (exact) mass is 270 g/mol. The summed E-state index contributed by atoms with van der Waals surface area (Å²) in [4.78, 5) is 12.9. The van der Waals surface area contributed by atoms with E-state index in [0.717, 1.165) is 15.3 Å². The maximum absolute atomic E-state index is 11.2. The number of Topliss-reactive ketones (excluding diaryl/α,β-unsaturated/α-hetero) is 1. The van der Waals surface area contributed by atoms with Gasteiger partial charge in [-0.05, 0) is 25.1 Å². The Balaban J connectivity index is 2.50. The van der Waals surface area contributed by atoms with Crippen molar-refractivity contribution in [2.75, 3.05) is 0 Å². The smallest absolute Gasteiger partial charge is 0.169 e. The lowest BCUT2D eigenvalue weighted by atomic mass is 10.2. The Hall–Kier alpha value is -0.830. The van der Waals surface area contributed by atoms with Crippen LogP contribution in [0.25, 0.3) is 10.4 Å². The summed E-state index contributed by atoms with van der Waals surface area (Å²) in [6.45, 7) is 1.55. The molecule has 0 aliphatic rings. The molecule has 1 aromatic carbocycles. The largest absolute Gasteiger partial charge is 0.294 e. The van der Waals surface area contributed by atoms with Crippen LogP contribution < -0.4 is 0 Å². The molecule has 0 N–H and O–H groups in total. The van der Waals surface area contributed by atoms with Gasteiger partial charge in [0.25, 0.3) is 0 Å². The topological polar surface area (TPSA) is 17.1 Å². The molecule has 1 heterocycles. The predicted molar refractivity (Wildman–Crippen MR) is 69.8 cm³/mol. The van der Waals surface area contributed by atoms with Crippen LogP contribution >= 0.6 is 34.5 Å². The summed E-state index contributed by atoms with van der Waals surface area (Å²) in [7, 11) is 0. The van der Waals surface area contributed by atoms with Crippen LogP contribution in [0.5, 0.6) is 0 Å². The number of carbonyl (C=O) groups is 1. The molecule has 0 fully saturated rings. The van der Waals surface area contributed by atoms with Crippen LogP contribution in [0.3, 0.4) is 0 Å². The van der Waals surface area contributed by atoms with Gasteiger partial charge in [0.2, 0.25) is 0 Å². The number of benzene rings is 1. The number of ketones is 1. The minimum Gasteiger partial charge on any atom is -0.294 e. The van der Waals surface area contributed by atoms with Crippen LogP contribution in [-0.4, -0.2) is 5.78 Å². The molecule has 82 valence electrons. The fraction of sp³-hybridized carbons (Fsp3) is 0.0833. The molecule has 0 radical (unpaired) electrons. The van der Waals surface area contributed by atoms with Crippen LogP contribution in [0, 0.1) is 0 Å². The van der Waals surface area contributed by atoms with Gasteiger partial charge in [-0.15, -0.1) is 11.3 Å². The van der Waals surface area contributed by atoms with Crippen LogP contribution in [-0.2, 0) is 0 Å². The van der Waals surface area contributed by atoms with Crippen molar-refractivity contribution in [3.63, 3.8) is 0 Å². The summed E-state index contributed by atoms with van der Waals surface area (Å²) in [5, 5.41) is 1.05. The van der Waals surface area contributed by atoms with Crippen molar-refractivity contribution < 1.29 is 4.79 Å². The van der Waals surface area contributed by atoms with E-state index in [1.807, 2.05) is 18.2 Å². The Bertz CT molecular complexity index is 546. The summed E-state index contributed by atoms with van der Waals surface area (Å²) >= 11 is 13.5. The quantitative estimate of drug-likeness (QED) is 0.708. The highest BCUT2D eigenvalue weighted by molar-refractivity contribution is 7.17. The number of halogens is 2. The first-order valence-corrected chi connectivity index (χ1v) is 6.22. The van der Waals surface area contributed by atoms with Crippen LogP contribution in [0.15, 0.2) is 30.3 Å². The molecule has 0 amide bonds. The highest BCUT2D eigenvalue weighted by Gasteiger charge is 2.10. The SMILES string of the molecule is CC(=O)c1ccc(-c2cccc(Cl)c2Cl)s1. The number of thiophene rings is 1. The van der Waals surface area contributed by atoms with Crippen molar-refractivity contribution in [1.29, 1.82) is 0 Å². The van der Waals surface area contributed by atoms with Crippen molar-refractivity contribution in [2.24, 2.45) is 0 Å². The summed E-state index contributed by atoms with van der Waals surface area (Å²) in [5.41, 5.74) is 0.867. The van der Waals surface area contributed by atoms with E-state index in [0.29, 0.717) is 10.0 Å². The Morgan fingerprint density at radius 2 is 1.94 bits per heavy atom. The number of carbonyl (C=O) groups excluding carboxylic acids is 1. The standard InChI is InChI=1S/C12H8Cl2OS/c1-7(15)10-5-6-11(16-10)8-3-2-4-9(13)12(8)14/h2-6H,1H3. The maximum atomic E-state index is 11.2. The number of hydrogen-bond donors (Lipinski definition) is 0. The highest BCUT2D eigenvalue weighted by atomic mass is 35.5. The van der Waals surface area contributed by atoms with Gasteiger partial charge in [-0.3, -0.25) is 4.79 Å². The first-order valence-electron chi connectivity index (χ1n) is 4.65. The molecular formula is C12H8Cl2OS. The van der Waals surface area contributed by atoms with Crippen LogP contribution in [0.4, 0.5) is 0 Å². The molecule has 0 bridgehead atoms. The van der Waals surface area contributed by atoms with E-state index >= 15 is 0 Å². The first kappa shape index (κ1) is 11.6. The Kier molecular flexibility index (Phi) is 3.33. The molecule has 0 unspecified atom stereocenters. The first-order chi connectivity index (χ1) is 7.59. The maximum Gasteiger partial charge on any atom is 0.169 e. The van der Waals surface area contributed by atoms with Gasteiger partial charge in [0.15, 0.2) is 5.78 Å². The average molecular weight is 271 g/mol.